The summed E-state index contributed by atoms with van der Waals surface area (Å²) in [7, 11) is 1.46. The molecule has 0 saturated carbocycles. The molecule has 0 N–H and O–H groups in total. The van der Waals surface area contributed by atoms with Crippen LogP contribution in [-0.2, 0) is 6.42 Å². The standard InChI is InChI=1S/C21H20N2O3/c1-22-20(25)17-10-9-15(13-18(17)21(22)26)19(24)23-11-5-8-16(23)12-14-6-3-2-4-7-14/h2-4,6-7,9-10,13,16H,5,8,11-12H2,1H3. The summed E-state index contributed by atoms with van der Waals surface area (Å²) < 4.78 is 0. The van der Waals surface area contributed by atoms with Crippen molar-refractivity contribution in [3.63, 3.8) is 0 Å². The predicted octanol–water partition coefficient (Wildman–Crippen LogP) is 2.76. The summed E-state index contributed by atoms with van der Waals surface area (Å²) in [5.74, 6) is -0.727. The zero-order chi connectivity index (χ0) is 18.3. The fraction of sp³-hybridized carbons (Fsp3) is 0.286. The van der Waals surface area contributed by atoms with Crippen molar-refractivity contribution in [2.75, 3.05) is 13.6 Å². The molecule has 2 aromatic carbocycles. The topological polar surface area (TPSA) is 57.7 Å². The van der Waals surface area contributed by atoms with Crippen molar-refractivity contribution in [1.82, 2.24) is 9.80 Å². The third kappa shape index (κ3) is 2.69. The summed E-state index contributed by atoms with van der Waals surface area (Å²) in [6.45, 7) is 0.722. The molecule has 2 heterocycles. The first kappa shape index (κ1) is 16.5. The maximum Gasteiger partial charge on any atom is 0.261 e. The summed E-state index contributed by atoms with van der Waals surface area (Å²) in [6, 6.07) is 15.1. The molecule has 2 aliphatic heterocycles. The number of carbonyl (C=O) groups excluding carboxylic acids is 3. The van der Waals surface area contributed by atoms with E-state index in [4.69, 9.17) is 0 Å². The molecule has 2 aliphatic rings. The van der Waals surface area contributed by atoms with Gasteiger partial charge in [-0.05, 0) is 43.0 Å². The van der Waals surface area contributed by atoms with E-state index in [0.29, 0.717) is 16.7 Å². The number of benzene rings is 2. The Hall–Kier alpha value is -2.95. The van der Waals surface area contributed by atoms with Gasteiger partial charge in [0.25, 0.3) is 17.7 Å². The van der Waals surface area contributed by atoms with Crippen LogP contribution in [0.2, 0.25) is 0 Å². The van der Waals surface area contributed by atoms with Crippen LogP contribution in [0.25, 0.3) is 0 Å². The lowest BCUT2D eigenvalue weighted by molar-refractivity contribution is 0.0692. The molecule has 0 aromatic heterocycles. The van der Waals surface area contributed by atoms with Crippen molar-refractivity contribution >= 4 is 17.7 Å². The molecule has 1 saturated heterocycles. The van der Waals surface area contributed by atoms with Crippen LogP contribution < -0.4 is 0 Å². The molecule has 132 valence electrons. The van der Waals surface area contributed by atoms with Gasteiger partial charge in [-0.15, -0.1) is 0 Å². The second-order valence-corrected chi connectivity index (χ2v) is 6.91. The third-order valence-corrected chi connectivity index (χ3v) is 5.29. The third-order valence-electron chi connectivity index (χ3n) is 5.29. The van der Waals surface area contributed by atoms with Crippen molar-refractivity contribution in [2.45, 2.75) is 25.3 Å². The number of fused-ring (bicyclic) bond motifs is 1. The van der Waals surface area contributed by atoms with E-state index in [1.54, 1.807) is 18.2 Å². The summed E-state index contributed by atoms with van der Waals surface area (Å²) in [6.07, 6.45) is 2.79. The second-order valence-electron chi connectivity index (χ2n) is 6.91. The average molecular weight is 348 g/mol. The first-order valence-corrected chi connectivity index (χ1v) is 8.87. The van der Waals surface area contributed by atoms with Gasteiger partial charge < -0.3 is 4.90 Å². The number of amides is 3. The van der Waals surface area contributed by atoms with E-state index in [0.717, 1.165) is 30.7 Å². The Morgan fingerprint density at radius 2 is 1.77 bits per heavy atom. The van der Waals surface area contributed by atoms with Gasteiger partial charge in [-0.2, -0.15) is 0 Å². The molecule has 5 heteroatoms. The van der Waals surface area contributed by atoms with Gasteiger partial charge in [0.2, 0.25) is 0 Å². The van der Waals surface area contributed by atoms with Gasteiger partial charge in [0.05, 0.1) is 11.1 Å². The molecule has 3 amide bonds. The zero-order valence-corrected chi connectivity index (χ0v) is 14.6. The molecule has 5 nitrogen and oxygen atoms in total. The highest BCUT2D eigenvalue weighted by atomic mass is 16.2. The molecule has 1 unspecified atom stereocenters. The van der Waals surface area contributed by atoms with Crippen LogP contribution in [0.3, 0.4) is 0 Å². The summed E-state index contributed by atoms with van der Waals surface area (Å²) in [5, 5.41) is 0. The maximum absolute atomic E-state index is 13.0. The smallest absolute Gasteiger partial charge is 0.261 e. The van der Waals surface area contributed by atoms with E-state index < -0.39 is 0 Å². The van der Waals surface area contributed by atoms with E-state index >= 15 is 0 Å². The zero-order valence-electron chi connectivity index (χ0n) is 14.6. The van der Waals surface area contributed by atoms with Crippen LogP contribution in [0.15, 0.2) is 48.5 Å². The molecule has 26 heavy (non-hydrogen) atoms. The molecule has 0 bridgehead atoms. The van der Waals surface area contributed by atoms with Crippen LogP contribution in [0.1, 0.15) is 49.5 Å². The highest BCUT2D eigenvalue weighted by Crippen LogP contribution is 2.27. The number of nitrogens with zero attached hydrogens (tertiary/aromatic N) is 2. The Balaban J connectivity index is 1.58. The van der Waals surface area contributed by atoms with Gasteiger partial charge >= 0.3 is 0 Å². The lowest BCUT2D eigenvalue weighted by Crippen LogP contribution is -2.36. The maximum atomic E-state index is 13.0. The van der Waals surface area contributed by atoms with Crippen LogP contribution >= 0.6 is 0 Å². The number of likely N-dealkylation sites (tertiary alicyclic amines) is 1. The van der Waals surface area contributed by atoms with Crippen molar-refractivity contribution in [1.29, 1.82) is 0 Å². The minimum Gasteiger partial charge on any atom is -0.335 e. The average Bonchev–Trinajstić information content (AvgIpc) is 3.21. The molecule has 1 atom stereocenters. The fourth-order valence-electron chi connectivity index (χ4n) is 3.86. The number of rotatable bonds is 3. The Morgan fingerprint density at radius 3 is 2.54 bits per heavy atom. The first-order valence-electron chi connectivity index (χ1n) is 8.87. The summed E-state index contributed by atoms with van der Waals surface area (Å²) >= 11 is 0. The predicted molar refractivity (Wildman–Crippen MR) is 97.1 cm³/mol. The van der Waals surface area contributed by atoms with E-state index in [9.17, 15) is 14.4 Å². The minimum atomic E-state index is -0.345. The monoisotopic (exact) mass is 348 g/mol. The van der Waals surface area contributed by atoms with Crippen LogP contribution in [0.4, 0.5) is 0 Å². The quantitative estimate of drug-likeness (QED) is 0.802. The van der Waals surface area contributed by atoms with E-state index in [1.807, 2.05) is 23.1 Å². The van der Waals surface area contributed by atoms with Gasteiger partial charge in [-0.1, -0.05) is 30.3 Å². The number of carbonyl (C=O) groups is 3. The van der Waals surface area contributed by atoms with Crippen molar-refractivity contribution in [3.8, 4) is 0 Å². The summed E-state index contributed by atoms with van der Waals surface area (Å²) in [4.78, 5) is 40.2. The fourth-order valence-corrected chi connectivity index (χ4v) is 3.86. The van der Waals surface area contributed by atoms with Gasteiger partial charge in [0.1, 0.15) is 0 Å². The molecule has 2 aromatic rings. The van der Waals surface area contributed by atoms with Crippen molar-refractivity contribution < 1.29 is 14.4 Å². The van der Waals surface area contributed by atoms with Gasteiger partial charge in [0, 0.05) is 25.2 Å². The molecule has 0 aliphatic carbocycles. The van der Waals surface area contributed by atoms with Crippen LogP contribution in [0.5, 0.6) is 0 Å². The Morgan fingerprint density at radius 1 is 1.04 bits per heavy atom. The Bertz CT molecular complexity index is 891. The number of hydrogen-bond acceptors (Lipinski definition) is 3. The molecule has 4 rings (SSSR count). The highest BCUT2D eigenvalue weighted by molar-refractivity contribution is 6.21. The van der Waals surface area contributed by atoms with Gasteiger partial charge in [-0.25, -0.2) is 0 Å². The number of hydrogen-bond donors (Lipinski definition) is 0. The lowest BCUT2D eigenvalue weighted by atomic mass is 10.0. The van der Waals surface area contributed by atoms with E-state index in [2.05, 4.69) is 12.1 Å². The Labute approximate surface area is 152 Å². The normalized spacial score (nSPS) is 19.2. The summed E-state index contributed by atoms with van der Waals surface area (Å²) in [5.41, 5.74) is 2.38. The Kier molecular flexibility index (Phi) is 4.07. The molecular weight excluding hydrogens is 328 g/mol. The van der Waals surface area contributed by atoms with Gasteiger partial charge in [0.15, 0.2) is 0 Å². The van der Waals surface area contributed by atoms with Gasteiger partial charge in [-0.3, -0.25) is 19.3 Å². The lowest BCUT2D eigenvalue weighted by Gasteiger charge is -2.25. The van der Waals surface area contributed by atoms with E-state index in [1.165, 1.54) is 12.6 Å². The van der Waals surface area contributed by atoms with Crippen molar-refractivity contribution in [2.24, 2.45) is 0 Å². The molecular formula is C21H20N2O3. The SMILES string of the molecule is CN1C(=O)c2ccc(C(=O)N3CCCC3Cc3ccccc3)cc2C1=O. The van der Waals surface area contributed by atoms with E-state index in [-0.39, 0.29) is 23.8 Å². The first-order chi connectivity index (χ1) is 12.6. The molecule has 0 radical (unpaired) electrons. The number of imide groups is 1. The minimum absolute atomic E-state index is 0.0685. The van der Waals surface area contributed by atoms with Crippen LogP contribution in [-0.4, -0.2) is 47.2 Å². The van der Waals surface area contributed by atoms with Crippen LogP contribution in [0, 0.1) is 0 Å². The highest BCUT2D eigenvalue weighted by Gasteiger charge is 2.35. The molecule has 0 spiro atoms. The second kappa shape index (κ2) is 6.41. The molecule has 1 fully saturated rings. The largest absolute Gasteiger partial charge is 0.335 e. The van der Waals surface area contributed by atoms with Crippen molar-refractivity contribution in [3.05, 3.63) is 70.8 Å².